The molecule has 1 amide bonds. The lowest BCUT2D eigenvalue weighted by molar-refractivity contribution is -0.384. The first-order valence-corrected chi connectivity index (χ1v) is 7.23. The number of rotatable bonds is 3. The van der Waals surface area contributed by atoms with Crippen molar-refractivity contribution in [2.75, 3.05) is 6.54 Å². The van der Waals surface area contributed by atoms with Crippen molar-refractivity contribution >= 4 is 24.0 Å². The molecule has 0 saturated carbocycles. The first-order valence-electron chi connectivity index (χ1n) is 7.23. The number of nitro benzene ring substituents is 1. The molecule has 0 spiro atoms. The van der Waals surface area contributed by atoms with Crippen LogP contribution in [0, 0.1) is 17.0 Å². The van der Waals surface area contributed by atoms with Crippen LogP contribution in [0.1, 0.15) is 42.1 Å². The van der Waals surface area contributed by atoms with Gasteiger partial charge in [-0.3, -0.25) is 14.9 Å². The Kier molecular flexibility index (Phi) is 6.32. The molecule has 1 heterocycles. The predicted molar refractivity (Wildman–Crippen MR) is 87.4 cm³/mol. The van der Waals surface area contributed by atoms with Crippen LogP contribution in [0.25, 0.3) is 0 Å². The normalized spacial score (nSPS) is 19.2. The molecule has 1 aromatic rings. The summed E-state index contributed by atoms with van der Waals surface area (Å²) in [6, 6.07) is 4.42. The average Bonchev–Trinajstić information content (AvgIpc) is 2.45. The number of amides is 1. The standard InChI is InChI=1S/C15H21N3O3.ClH/c1-10-7-12(9-13(8-10)18(20)21)15(19)17-6-4-3-5-14(17)11(2)16;/h7-9,11,14H,3-6,16H2,1-2H3;1H. The zero-order valence-corrected chi connectivity index (χ0v) is 13.6. The van der Waals surface area contributed by atoms with E-state index < -0.39 is 4.92 Å². The lowest BCUT2D eigenvalue weighted by atomic mass is 9.95. The molecule has 0 radical (unpaired) electrons. The summed E-state index contributed by atoms with van der Waals surface area (Å²) in [5.41, 5.74) is 7.01. The largest absolute Gasteiger partial charge is 0.334 e. The number of likely N-dealkylation sites (tertiary alicyclic amines) is 1. The van der Waals surface area contributed by atoms with Crippen LogP contribution in [0.2, 0.25) is 0 Å². The highest BCUT2D eigenvalue weighted by Crippen LogP contribution is 2.24. The molecule has 2 atom stereocenters. The van der Waals surface area contributed by atoms with E-state index in [0.717, 1.165) is 19.3 Å². The fourth-order valence-corrected chi connectivity index (χ4v) is 2.91. The molecule has 1 saturated heterocycles. The Morgan fingerprint density at radius 2 is 2.09 bits per heavy atom. The van der Waals surface area contributed by atoms with Gasteiger partial charge < -0.3 is 10.6 Å². The highest BCUT2D eigenvalue weighted by atomic mass is 35.5. The predicted octanol–water partition coefficient (Wildman–Crippen LogP) is 2.67. The number of nitro groups is 1. The van der Waals surface area contributed by atoms with E-state index in [1.807, 2.05) is 6.92 Å². The highest BCUT2D eigenvalue weighted by molar-refractivity contribution is 5.95. The van der Waals surface area contributed by atoms with Crippen molar-refractivity contribution in [3.05, 3.63) is 39.4 Å². The van der Waals surface area contributed by atoms with Crippen molar-refractivity contribution in [1.29, 1.82) is 0 Å². The number of carbonyl (C=O) groups is 1. The molecule has 7 heteroatoms. The quantitative estimate of drug-likeness (QED) is 0.682. The molecule has 22 heavy (non-hydrogen) atoms. The Labute approximate surface area is 136 Å². The van der Waals surface area contributed by atoms with Crippen LogP contribution in [0.3, 0.4) is 0 Å². The third-order valence-electron chi connectivity index (χ3n) is 3.94. The van der Waals surface area contributed by atoms with Crippen LogP contribution in [0.15, 0.2) is 18.2 Å². The summed E-state index contributed by atoms with van der Waals surface area (Å²) >= 11 is 0. The Balaban J connectivity index is 0.00000242. The summed E-state index contributed by atoms with van der Waals surface area (Å²) in [5.74, 6) is -0.163. The number of piperidine rings is 1. The monoisotopic (exact) mass is 327 g/mol. The van der Waals surface area contributed by atoms with Crippen LogP contribution in [0.5, 0.6) is 0 Å². The SMILES string of the molecule is Cc1cc(C(=O)N2CCCCC2C(C)N)cc([N+](=O)[O-])c1.Cl. The number of halogens is 1. The van der Waals surface area contributed by atoms with Gasteiger partial charge in [0.25, 0.3) is 11.6 Å². The van der Waals surface area contributed by atoms with E-state index in [0.29, 0.717) is 17.7 Å². The van der Waals surface area contributed by atoms with Gasteiger partial charge in [-0.2, -0.15) is 0 Å². The zero-order valence-electron chi connectivity index (χ0n) is 12.8. The first kappa shape index (κ1) is 18.4. The molecule has 2 rings (SSSR count). The molecule has 2 N–H and O–H groups in total. The van der Waals surface area contributed by atoms with E-state index in [4.69, 9.17) is 5.73 Å². The summed E-state index contributed by atoms with van der Waals surface area (Å²) in [5, 5.41) is 10.9. The fourth-order valence-electron chi connectivity index (χ4n) is 2.91. The van der Waals surface area contributed by atoms with E-state index in [1.54, 1.807) is 17.9 Å². The molecule has 1 aliphatic rings. The number of hydrogen-bond donors (Lipinski definition) is 1. The van der Waals surface area contributed by atoms with Gasteiger partial charge >= 0.3 is 0 Å². The van der Waals surface area contributed by atoms with Crippen molar-refractivity contribution in [3.63, 3.8) is 0 Å². The zero-order chi connectivity index (χ0) is 15.6. The van der Waals surface area contributed by atoms with Crippen LogP contribution < -0.4 is 5.73 Å². The molecule has 0 aromatic heterocycles. The van der Waals surface area contributed by atoms with Gasteiger partial charge in [-0.15, -0.1) is 12.4 Å². The summed E-state index contributed by atoms with van der Waals surface area (Å²) in [6.45, 7) is 4.31. The van der Waals surface area contributed by atoms with Gasteiger partial charge in [0.05, 0.1) is 4.92 Å². The van der Waals surface area contributed by atoms with Crippen molar-refractivity contribution in [2.45, 2.75) is 45.2 Å². The topological polar surface area (TPSA) is 89.5 Å². The first-order chi connectivity index (χ1) is 9.90. The second-order valence-corrected chi connectivity index (χ2v) is 5.74. The lowest BCUT2D eigenvalue weighted by Gasteiger charge is -2.38. The third kappa shape index (κ3) is 3.96. The van der Waals surface area contributed by atoms with Gasteiger partial charge in [0.15, 0.2) is 0 Å². The molecule has 0 aliphatic carbocycles. The van der Waals surface area contributed by atoms with Crippen LogP contribution >= 0.6 is 12.4 Å². The van der Waals surface area contributed by atoms with Crippen molar-refractivity contribution in [1.82, 2.24) is 4.90 Å². The van der Waals surface area contributed by atoms with Crippen LogP contribution in [-0.4, -0.2) is 34.4 Å². The van der Waals surface area contributed by atoms with Gasteiger partial charge in [-0.05, 0) is 44.7 Å². The number of hydrogen-bond acceptors (Lipinski definition) is 4. The number of non-ortho nitro benzene ring substituents is 1. The molecule has 1 aromatic carbocycles. The average molecular weight is 328 g/mol. The summed E-state index contributed by atoms with van der Waals surface area (Å²) in [4.78, 5) is 24.9. The minimum atomic E-state index is -0.469. The van der Waals surface area contributed by atoms with Crippen molar-refractivity contribution in [3.8, 4) is 0 Å². The molecule has 1 fully saturated rings. The van der Waals surface area contributed by atoms with Gasteiger partial charge in [-0.1, -0.05) is 0 Å². The minimum Gasteiger partial charge on any atom is -0.334 e. The molecular formula is C15H22ClN3O3. The third-order valence-corrected chi connectivity index (χ3v) is 3.94. The number of nitrogens with two attached hydrogens (primary N) is 1. The second-order valence-electron chi connectivity index (χ2n) is 5.74. The number of aryl methyl sites for hydroxylation is 1. The summed E-state index contributed by atoms with van der Waals surface area (Å²) in [6.07, 6.45) is 2.89. The van der Waals surface area contributed by atoms with Crippen LogP contribution in [0.4, 0.5) is 5.69 Å². The Hall–Kier alpha value is -1.66. The van der Waals surface area contributed by atoms with E-state index in [1.165, 1.54) is 12.1 Å². The highest BCUT2D eigenvalue weighted by Gasteiger charge is 2.30. The minimum absolute atomic E-state index is 0. The van der Waals surface area contributed by atoms with Crippen molar-refractivity contribution < 1.29 is 9.72 Å². The number of benzene rings is 1. The van der Waals surface area contributed by atoms with Crippen molar-refractivity contribution in [2.24, 2.45) is 5.73 Å². The van der Waals surface area contributed by atoms with Gasteiger partial charge in [0.1, 0.15) is 0 Å². The molecule has 2 unspecified atom stereocenters. The molecular weight excluding hydrogens is 306 g/mol. The maximum Gasteiger partial charge on any atom is 0.270 e. The van der Waals surface area contributed by atoms with E-state index in [2.05, 4.69) is 0 Å². The van der Waals surface area contributed by atoms with E-state index in [-0.39, 0.29) is 36.1 Å². The summed E-state index contributed by atoms with van der Waals surface area (Å²) < 4.78 is 0. The second kappa shape index (κ2) is 7.56. The molecule has 122 valence electrons. The van der Waals surface area contributed by atoms with Gasteiger partial charge in [0, 0.05) is 36.3 Å². The maximum absolute atomic E-state index is 12.7. The molecule has 0 bridgehead atoms. The van der Waals surface area contributed by atoms with E-state index >= 15 is 0 Å². The smallest absolute Gasteiger partial charge is 0.270 e. The van der Waals surface area contributed by atoms with Gasteiger partial charge in [0.2, 0.25) is 0 Å². The van der Waals surface area contributed by atoms with Crippen LogP contribution in [-0.2, 0) is 0 Å². The summed E-state index contributed by atoms with van der Waals surface area (Å²) in [7, 11) is 0. The maximum atomic E-state index is 12.7. The Bertz CT molecular complexity index is 563. The Morgan fingerprint density at radius 1 is 1.41 bits per heavy atom. The Morgan fingerprint density at radius 3 is 2.68 bits per heavy atom. The van der Waals surface area contributed by atoms with E-state index in [9.17, 15) is 14.9 Å². The lowest BCUT2D eigenvalue weighted by Crippen LogP contribution is -2.51. The van der Waals surface area contributed by atoms with Gasteiger partial charge in [-0.25, -0.2) is 0 Å². The molecule has 1 aliphatic heterocycles. The molecule has 6 nitrogen and oxygen atoms in total. The number of carbonyl (C=O) groups excluding carboxylic acids is 1. The fraction of sp³-hybridized carbons (Fsp3) is 0.533. The number of nitrogens with zero attached hydrogens (tertiary/aromatic N) is 2.